The molecule has 2 aliphatic heterocycles. The Labute approximate surface area is 166 Å². The molecule has 3 heterocycles. The van der Waals surface area contributed by atoms with Gasteiger partial charge in [-0.15, -0.1) is 0 Å². The van der Waals surface area contributed by atoms with Crippen molar-refractivity contribution in [2.45, 2.75) is 64.7 Å². The van der Waals surface area contributed by atoms with E-state index in [1.807, 2.05) is 30.6 Å². The maximum Gasteiger partial charge on any atom is 0.251 e. The van der Waals surface area contributed by atoms with Gasteiger partial charge >= 0.3 is 0 Å². The van der Waals surface area contributed by atoms with Gasteiger partial charge < -0.3 is 14.8 Å². The summed E-state index contributed by atoms with van der Waals surface area (Å²) >= 11 is 0. The molecule has 2 saturated heterocycles. The van der Waals surface area contributed by atoms with E-state index in [4.69, 9.17) is 4.98 Å². The lowest BCUT2D eigenvalue weighted by Gasteiger charge is -2.34. The zero-order valence-corrected chi connectivity index (χ0v) is 17.2. The van der Waals surface area contributed by atoms with Gasteiger partial charge in [0.1, 0.15) is 5.82 Å². The molecule has 2 fully saturated rings. The Kier molecular flexibility index (Phi) is 6.52. The van der Waals surface area contributed by atoms with Crippen LogP contribution in [0.4, 0.5) is 0 Å². The van der Waals surface area contributed by atoms with Gasteiger partial charge in [0, 0.05) is 56.4 Å². The quantitative estimate of drug-likeness (QED) is 0.857. The van der Waals surface area contributed by atoms with Crippen molar-refractivity contribution in [2.24, 2.45) is 5.92 Å². The average Bonchev–Trinajstić information content (AvgIpc) is 2.72. The van der Waals surface area contributed by atoms with Crippen LogP contribution in [0.1, 0.15) is 76.2 Å². The lowest BCUT2D eigenvalue weighted by molar-refractivity contribution is -0.135. The van der Waals surface area contributed by atoms with Crippen LogP contribution in [0.3, 0.4) is 0 Å². The number of amides is 2. The fourth-order valence-corrected chi connectivity index (χ4v) is 4.31. The molecule has 2 aliphatic rings. The van der Waals surface area contributed by atoms with Crippen molar-refractivity contribution < 1.29 is 9.59 Å². The zero-order chi connectivity index (χ0) is 20.3. The van der Waals surface area contributed by atoms with Crippen LogP contribution in [0, 0.1) is 5.92 Å². The summed E-state index contributed by atoms with van der Waals surface area (Å²) in [5.41, 5.74) is 0.674. The summed E-state index contributed by atoms with van der Waals surface area (Å²) in [6.07, 6.45) is 4.03. The monoisotopic (exact) mass is 388 g/mol. The van der Waals surface area contributed by atoms with E-state index in [1.165, 1.54) is 0 Å². The predicted molar refractivity (Wildman–Crippen MR) is 107 cm³/mol. The number of piperidine rings is 2. The van der Waals surface area contributed by atoms with Gasteiger partial charge in [-0.05, 0) is 25.7 Å². The Morgan fingerprint density at radius 3 is 2.50 bits per heavy atom. The molecule has 28 heavy (non-hydrogen) atoms. The molecule has 0 bridgehead atoms. The number of carbonyl (C=O) groups excluding carboxylic acids is 2. The highest BCUT2D eigenvalue weighted by Crippen LogP contribution is 2.29. The van der Waals surface area contributed by atoms with E-state index in [2.05, 4.69) is 4.98 Å². The third-order valence-electron chi connectivity index (χ3n) is 5.96. The molecule has 1 atom stereocenters. The van der Waals surface area contributed by atoms with Crippen molar-refractivity contribution >= 4 is 11.8 Å². The fraction of sp³-hybridized carbons (Fsp3) is 0.714. The van der Waals surface area contributed by atoms with Crippen molar-refractivity contribution in [2.75, 3.05) is 26.2 Å². The van der Waals surface area contributed by atoms with Gasteiger partial charge in [-0.1, -0.05) is 20.8 Å². The van der Waals surface area contributed by atoms with Gasteiger partial charge in [0.05, 0.1) is 5.69 Å². The summed E-state index contributed by atoms with van der Waals surface area (Å²) in [6, 6.07) is 1.59. The summed E-state index contributed by atoms with van der Waals surface area (Å²) in [4.78, 5) is 48.1. The molecule has 0 spiro atoms. The second-order valence-electron chi connectivity index (χ2n) is 8.34. The lowest BCUT2D eigenvalue weighted by atomic mass is 9.92. The molecule has 0 radical (unpaired) electrons. The first-order valence-corrected chi connectivity index (χ1v) is 10.6. The molecule has 154 valence electrons. The van der Waals surface area contributed by atoms with Crippen LogP contribution in [-0.4, -0.2) is 57.8 Å². The fourth-order valence-electron chi connectivity index (χ4n) is 4.31. The molecule has 1 N–H and O–H groups in total. The van der Waals surface area contributed by atoms with Crippen LogP contribution in [0.15, 0.2) is 10.9 Å². The molecule has 3 rings (SSSR count). The standard InChI is InChI=1S/C21H32N4O3/c1-4-19(27)25-9-5-6-16(13-25)17-12-18(26)23-20(22-17)15-7-10-24(11-8-15)21(28)14(2)3/h12,14-16H,4-11,13H2,1-3H3,(H,22,23,26). The third-order valence-corrected chi connectivity index (χ3v) is 5.96. The van der Waals surface area contributed by atoms with Crippen molar-refractivity contribution in [3.63, 3.8) is 0 Å². The highest BCUT2D eigenvalue weighted by Gasteiger charge is 2.29. The number of H-pyrrole nitrogens is 1. The van der Waals surface area contributed by atoms with Crippen molar-refractivity contribution in [3.8, 4) is 0 Å². The van der Waals surface area contributed by atoms with E-state index in [0.717, 1.165) is 43.7 Å². The van der Waals surface area contributed by atoms with Gasteiger partial charge in [0.15, 0.2) is 0 Å². The first-order chi connectivity index (χ1) is 13.4. The van der Waals surface area contributed by atoms with Crippen molar-refractivity contribution in [3.05, 3.63) is 27.9 Å². The van der Waals surface area contributed by atoms with Crippen molar-refractivity contribution in [1.82, 2.24) is 19.8 Å². The van der Waals surface area contributed by atoms with E-state index in [0.29, 0.717) is 26.1 Å². The maximum atomic E-state index is 12.3. The number of aromatic amines is 1. The van der Waals surface area contributed by atoms with Crippen molar-refractivity contribution in [1.29, 1.82) is 0 Å². The Morgan fingerprint density at radius 1 is 1.14 bits per heavy atom. The minimum atomic E-state index is -0.125. The van der Waals surface area contributed by atoms with Gasteiger partial charge in [-0.25, -0.2) is 4.98 Å². The molecule has 1 aromatic rings. The maximum absolute atomic E-state index is 12.3. The lowest BCUT2D eigenvalue weighted by Crippen LogP contribution is -2.41. The summed E-state index contributed by atoms with van der Waals surface area (Å²) in [5.74, 6) is 1.39. The van der Waals surface area contributed by atoms with Gasteiger partial charge in [0.2, 0.25) is 11.8 Å². The molecule has 1 unspecified atom stereocenters. The second-order valence-corrected chi connectivity index (χ2v) is 8.34. The molecule has 7 nitrogen and oxygen atoms in total. The summed E-state index contributed by atoms with van der Waals surface area (Å²) < 4.78 is 0. The number of likely N-dealkylation sites (tertiary alicyclic amines) is 2. The minimum absolute atomic E-state index is 0.0119. The Balaban J connectivity index is 1.71. The molecule has 7 heteroatoms. The smallest absolute Gasteiger partial charge is 0.251 e. The van der Waals surface area contributed by atoms with Gasteiger partial charge in [0.25, 0.3) is 5.56 Å². The molecular weight excluding hydrogens is 356 g/mol. The average molecular weight is 389 g/mol. The van der Waals surface area contributed by atoms with Crippen LogP contribution in [0.2, 0.25) is 0 Å². The highest BCUT2D eigenvalue weighted by molar-refractivity contribution is 5.78. The van der Waals surface area contributed by atoms with Crippen LogP contribution in [0.25, 0.3) is 0 Å². The molecule has 0 saturated carbocycles. The largest absolute Gasteiger partial charge is 0.342 e. The summed E-state index contributed by atoms with van der Waals surface area (Å²) in [7, 11) is 0. The first-order valence-electron chi connectivity index (χ1n) is 10.6. The Bertz CT molecular complexity index is 765. The molecule has 2 amide bonds. The molecule has 0 aliphatic carbocycles. The highest BCUT2D eigenvalue weighted by atomic mass is 16.2. The number of hydrogen-bond acceptors (Lipinski definition) is 4. The number of rotatable bonds is 4. The SMILES string of the molecule is CCC(=O)N1CCCC(c2cc(=O)[nH]c(C3CCN(C(=O)C(C)C)CC3)n2)C1. The van der Waals surface area contributed by atoms with E-state index in [9.17, 15) is 14.4 Å². The Hall–Kier alpha value is -2.18. The van der Waals surface area contributed by atoms with E-state index >= 15 is 0 Å². The van der Waals surface area contributed by atoms with Crippen LogP contribution < -0.4 is 5.56 Å². The number of nitrogens with zero attached hydrogens (tertiary/aromatic N) is 3. The Morgan fingerprint density at radius 2 is 1.86 bits per heavy atom. The predicted octanol–water partition coefficient (Wildman–Crippen LogP) is 2.25. The number of hydrogen-bond donors (Lipinski definition) is 1. The zero-order valence-electron chi connectivity index (χ0n) is 17.2. The van der Waals surface area contributed by atoms with Crippen LogP contribution in [-0.2, 0) is 9.59 Å². The molecular formula is C21H32N4O3. The normalized spacial score (nSPS) is 21.2. The topological polar surface area (TPSA) is 86.4 Å². The second kappa shape index (κ2) is 8.88. The summed E-state index contributed by atoms with van der Waals surface area (Å²) in [5, 5.41) is 0. The molecule has 0 aromatic carbocycles. The third kappa shape index (κ3) is 4.62. The van der Waals surface area contributed by atoms with Crippen LogP contribution in [0.5, 0.6) is 0 Å². The van der Waals surface area contributed by atoms with E-state index in [1.54, 1.807) is 6.07 Å². The van der Waals surface area contributed by atoms with E-state index in [-0.39, 0.29) is 35.1 Å². The molecule has 1 aromatic heterocycles. The number of aromatic nitrogens is 2. The van der Waals surface area contributed by atoms with E-state index < -0.39 is 0 Å². The van der Waals surface area contributed by atoms with Gasteiger partial charge in [-0.2, -0.15) is 0 Å². The summed E-state index contributed by atoms with van der Waals surface area (Å²) in [6.45, 7) is 8.58. The number of carbonyl (C=O) groups is 2. The van der Waals surface area contributed by atoms with Crippen LogP contribution >= 0.6 is 0 Å². The van der Waals surface area contributed by atoms with Gasteiger partial charge in [-0.3, -0.25) is 14.4 Å². The first kappa shape index (κ1) is 20.6. The minimum Gasteiger partial charge on any atom is -0.342 e. The number of nitrogens with one attached hydrogen (secondary N) is 1.